The molecular formula is C15H10Br2OS. The van der Waals surface area contributed by atoms with Gasteiger partial charge in [-0.15, -0.1) is 11.3 Å². The molecule has 1 aromatic heterocycles. The number of hydrogen-bond donors (Lipinski definition) is 0. The fourth-order valence-electron chi connectivity index (χ4n) is 2.23. The molecule has 3 rings (SSSR count). The third kappa shape index (κ3) is 2.49. The van der Waals surface area contributed by atoms with Crippen molar-refractivity contribution < 1.29 is 4.79 Å². The van der Waals surface area contributed by atoms with E-state index in [1.807, 2.05) is 37.3 Å². The smallest absolute Gasteiger partial charge is 0.190 e. The molecule has 1 nitrogen and oxygen atoms in total. The molecule has 96 valence electrons. The van der Waals surface area contributed by atoms with Crippen molar-refractivity contribution in [1.29, 1.82) is 0 Å². The van der Waals surface area contributed by atoms with Crippen molar-refractivity contribution in [2.24, 2.45) is 0 Å². The minimum absolute atomic E-state index is 0.179. The Kier molecular flexibility index (Phi) is 3.50. The summed E-state index contributed by atoms with van der Waals surface area (Å²) < 4.78 is 2.01. The minimum atomic E-state index is 0.179. The minimum Gasteiger partial charge on any atom is -0.289 e. The van der Waals surface area contributed by atoms with Gasteiger partial charge in [-0.05, 0) is 68.6 Å². The lowest BCUT2D eigenvalue weighted by Gasteiger charge is -2.00. The van der Waals surface area contributed by atoms with E-state index in [1.54, 1.807) is 11.3 Å². The highest BCUT2D eigenvalue weighted by atomic mass is 79.9. The van der Waals surface area contributed by atoms with Crippen LogP contribution in [0.5, 0.6) is 0 Å². The first kappa shape index (κ1) is 13.3. The number of halogens is 2. The lowest BCUT2D eigenvalue weighted by Crippen LogP contribution is -1.94. The van der Waals surface area contributed by atoms with Crippen LogP contribution in [-0.2, 0) is 6.42 Å². The van der Waals surface area contributed by atoms with Gasteiger partial charge in [-0.3, -0.25) is 4.79 Å². The van der Waals surface area contributed by atoms with E-state index in [0.29, 0.717) is 0 Å². The van der Waals surface area contributed by atoms with Gasteiger partial charge in [0.1, 0.15) is 0 Å². The fraction of sp³-hybridized carbons (Fsp3) is 0.133. The molecule has 4 heteroatoms. The molecule has 1 aliphatic rings. The zero-order valence-corrected chi connectivity index (χ0v) is 14.2. The second-order valence-electron chi connectivity index (χ2n) is 4.54. The summed E-state index contributed by atoms with van der Waals surface area (Å²) in [7, 11) is 0. The van der Waals surface area contributed by atoms with Crippen LogP contribution in [0.25, 0.3) is 6.08 Å². The van der Waals surface area contributed by atoms with Crippen LogP contribution in [0, 0.1) is 6.92 Å². The first-order valence-electron chi connectivity index (χ1n) is 5.84. The number of ketones is 1. The maximum atomic E-state index is 12.3. The molecule has 0 spiro atoms. The zero-order chi connectivity index (χ0) is 13.6. The lowest BCUT2D eigenvalue weighted by molar-refractivity contribution is 0.104. The molecule has 0 aliphatic heterocycles. The quantitative estimate of drug-likeness (QED) is 0.588. The Morgan fingerprint density at radius 1 is 1.21 bits per heavy atom. The van der Waals surface area contributed by atoms with Gasteiger partial charge >= 0.3 is 0 Å². The van der Waals surface area contributed by atoms with Crippen LogP contribution in [0.2, 0.25) is 0 Å². The number of benzene rings is 1. The summed E-state index contributed by atoms with van der Waals surface area (Å²) in [5, 5.41) is 0. The van der Waals surface area contributed by atoms with Gasteiger partial charge in [0.2, 0.25) is 0 Å². The zero-order valence-electron chi connectivity index (χ0n) is 10.2. The highest BCUT2D eigenvalue weighted by Gasteiger charge is 2.26. The molecule has 2 aromatic rings. The van der Waals surface area contributed by atoms with E-state index in [4.69, 9.17) is 0 Å². The van der Waals surface area contributed by atoms with E-state index < -0.39 is 0 Å². The van der Waals surface area contributed by atoms with E-state index >= 15 is 0 Å². The summed E-state index contributed by atoms with van der Waals surface area (Å²) >= 11 is 8.65. The molecule has 19 heavy (non-hydrogen) atoms. The van der Waals surface area contributed by atoms with E-state index in [1.165, 1.54) is 9.75 Å². The molecule has 0 radical (unpaired) electrons. The topological polar surface area (TPSA) is 17.1 Å². The number of hydrogen-bond acceptors (Lipinski definition) is 2. The summed E-state index contributed by atoms with van der Waals surface area (Å²) in [6, 6.07) is 8.01. The van der Waals surface area contributed by atoms with Crippen LogP contribution in [-0.4, -0.2) is 5.78 Å². The number of fused-ring (bicyclic) bond motifs is 1. The largest absolute Gasteiger partial charge is 0.289 e. The van der Waals surface area contributed by atoms with Crippen molar-refractivity contribution in [3.05, 3.63) is 59.7 Å². The van der Waals surface area contributed by atoms with Crippen LogP contribution in [0.15, 0.2) is 38.8 Å². The number of carbonyl (C=O) groups excluding carboxylic acids is 1. The number of rotatable bonds is 1. The van der Waals surface area contributed by atoms with Crippen LogP contribution < -0.4 is 0 Å². The van der Waals surface area contributed by atoms with Crippen LogP contribution in [0.1, 0.15) is 25.7 Å². The van der Waals surface area contributed by atoms with Gasteiger partial charge < -0.3 is 0 Å². The second-order valence-corrected chi connectivity index (χ2v) is 7.59. The van der Waals surface area contributed by atoms with E-state index in [9.17, 15) is 4.79 Å². The second kappa shape index (κ2) is 5.00. The number of allylic oxidation sites excluding steroid dienone is 1. The summed E-state index contributed by atoms with van der Waals surface area (Å²) in [6.07, 6.45) is 2.75. The molecule has 0 saturated carbocycles. The third-order valence-electron chi connectivity index (χ3n) is 3.10. The van der Waals surface area contributed by atoms with E-state index in [2.05, 4.69) is 31.9 Å². The number of thiophene rings is 1. The highest BCUT2D eigenvalue weighted by molar-refractivity contribution is 9.13. The van der Waals surface area contributed by atoms with Gasteiger partial charge in [0.05, 0.1) is 0 Å². The normalized spacial score (nSPS) is 16.2. The molecule has 1 aliphatic carbocycles. The summed E-state index contributed by atoms with van der Waals surface area (Å²) in [4.78, 5) is 14.7. The van der Waals surface area contributed by atoms with Crippen molar-refractivity contribution >= 4 is 55.1 Å². The molecule has 0 N–H and O–H groups in total. The van der Waals surface area contributed by atoms with Gasteiger partial charge in [-0.1, -0.05) is 6.07 Å². The molecule has 1 aromatic carbocycles. The van der Waals surface area contributed by atoms with E-state index in [0.717, 1.165) is 32.1 Å². The third-order valence-corrected chi connectivity index (χ3v) is 6.03. The summed E-state index contributed by atoms with van der Waals surface area (Å²) in [6.45, 7) is 2.05. The Bertz CT molecular complexity index is 713. The molecule has 0 saturated heterocycles. The maximum Gasteiger partial charge on any atom is 0.190 e. The molecule has 0 atom stereocenters. The molecular weight excluding hydrogens is 388 g/mol. The Hall–Kier alpha value is -0.710. The van der Waals surface area contributed by atoms with Crippen LogP contribution in [0.3, 0.4) is 0 Å². The van der Waals surface area contributed by atoms with Crippen molar-refractivity contribution in [3.63, 3.8) is 0 Å². The molecule has 0 bridgehead atoms. The molecule has 0 unspecified atom stereocenters. The number of Topliss-reactive ketones (excluding diaryl/α,β-unsaturated/α-hetero) is 1. The Labute approximate surface area is 132 Å². The van der Waals surface area contributed by atoms with Gasteiger partial charge in [0.15, 0.2) is 5.78 Å². The van der Waals surface area contributed by atoms with Crippen LogP contribution in [0.4, 0.5) is 0 Å². The number of aryl methyl sites for hydroxylation is 1. The predicted molar refractivity (Wildman–Crippen MR) is 86.9 cm³/mol. The van der Waals surface area contributed by atoms with Crippen LogP contribution >= 0.6 is 43.2 Å². The Morgan fingerprint density at radius 2 is 2.00 bits per heavy atom. The summed E-state index contributed by atoms with van der Waals surface area (Å²) in [5.74, 6) is 0.179. The SMILES string of the molecule is Cc1cc2c(s1)CC(=Cc1ccc(Br)c(Br)c1)C2=O. The predicted octanol–water partition coefficient (Wildman–Crippen LogP) is 5.40. The molecule has 0 fully saturated rings. The van der Waals surface area contributed by atoms with Gasteiger partial charge in [-0.25, -0.2) is 0 Å². The first-order chi connectivity index (χ1) is 9.04. The Balaban J connectivity index is 1.96. The average Bonchev–Trinajstić information content (AvgIpc) is 2.84. The van der Waals surface area contributed by atoms with Gasteiger partial charge in [0, 0.05) is 36.3 Å². The maximum absolute atomic E-state index is 12.3. The standard InChI is InChI=1S/C15H10Br2OS/c1-8-4-11-14(19-8)7-10(15(11)18)5-9-2-3-12(16)13(17)6-9/h2-6H,7H2,1H3. The van der Waals surface area contributed by atoms with Crippen molar-refractivity contribution in [1.82, 2.24) is 0 Å². The van der Waals surface area contributed by atoms with Crippen molar-refractivity contribution in [2.45, 2.75) is 13.3 Å². The monoisotopic (exact) mass is 396 g/mol. The van der Waals surface area contributed by atoms with Crippen molar-refractivity contribution in [2.75, 3.05) is 0 Å². The van der Waals surface area contributed by atoms with Gasteiger partial charge in [0.25, 0.3) is 0 Å². The fourth-order valence-corrected chi connectivity index (χ4v) is 3.93. The van der Waals surface area contributed by atoms with E-state index in [-0.39, 0.29) is 5.78 Å². The molecule has 0 amide bonds. The van der Waals surface area contributed by atoms with Gasteiger partial charge in [-0.2, -0.15) is 0 Å². The highest BCUT2D eigenvalue weighted by Crippen LogP contribution is 2.34. The summed E-state index contributed by atoms with van der Waals surface area (Å²) in [5.41, 5.74) is 2.82. The number of carbonyl (C=O) groups is 1. The van der Waals surface area contributed by atoms with Crippen molar-refractivity contribution in [3.8, 4) is 0 Å². The lowest BCUT2D eigenvalue weighted by atomic mass is 10.1. The molecule has 1 heterocycles. The average molecular weight is 398 g/mol. The first-order valence-corrected chi connectivity index (χ1v) is 8.24. The Morgan fingerprint density at radius 3 is 2.68 bits per heavy atom.